The molecule has 0 unspecified atom stereocenters. The highest BCUT2D eigenvalue weighted by molar-refractivity contribution is 5.84. The van der Waals surface area contributed by atoms with Gasteiger partial charge in [-0.1, -0.05) is 0 Å². The second kappa shape index (κ2) is 7.60. The summed E-state index contributed by atoms with van der Waals surface area (Å²) in [5.41, 5.74) is 0. The molecule has 0 radical (unpaired) electrons. The molecular formula is C19H27N5O2. The van der Waals surface area contributed by atoms with Gasteiger partial charge in [-0.3, -0.25) is 9.59 Å². The van der Waals surface area contributed by atoms with Crippen LogP contribution in [0.15, 0.2) is 12.4 Å². The molecule has 1 amide bonds. The van der Waals surface area contributed by atoms with Gasteiger partial charge in [-0.2, -0.15) is 0 Å². The van der Waals surface area contributed by atoms with Gasteiger partial charge in [0.1, 0.15) is 23.7 Å². The Bertz CT molecular complexity index is 656. The van der Waals surface area contributed by atoms with Gasteiger partial charge in [0.2, 0.25) is 5.91 Å². The third kappa shape index (κ3) is 3.66. The first-order valence-corrected chi connectivity index (χ1v) is 9.83. The molecule has 2 aliphatic heterocycles. The molecule has 1 aliphatic carbocycles. The van der Waals surface area contributed by atoms with Crippen molar-refractivity contribution in [2.75, 3.05) is 49.1 Å². The maximum Gasteiger partial charge on any atom is 0.225 e. The zero-order valence-corrected chi connectivity index (χ0v) is 15.3. The van der Waals surface area contributed by atoms with Crippen LogP contribution in [0.3, 0.4) is 0 Å². The predicted molar refractivity (Wildman–Crippen MR) is 99.2 cm³/mol. The predicted octanol–water partition coefficient (Wildman–Crippen LogP) is 1.48. The van der Waals surface area contributed by atoms with E-state index in [1.807, 2.05) is 4.90 Å². The number of anilines is 2. The fourth-order valence-electron chi connectivity index (χ4n) is 4.23. The molecule has 3 aliphatic rings. The minimum Gasteiger partial charge on any atom is -0.356 e. The van der Waals surface area contributed by atoms with Crippen LogP contribution in [0.2, 0.25) is 0 Å². The Hall–Kier alpha value is -2.18. The highest BCUT2D eigenvalue weighted by Crippen LogP contribution is 2.25. The topological polar surface area (TPSA) is 69.6 Å². The van der Waals surface area contributed by atoms with E-state index in [1.165, 1.54) is 12.8 Å². The van der Waals surface area contributed by atoms with Crippen LogP contribution in [0, 0.1) is 5.92 Å². The highest BCUT2D eigenvalue weighted by atomic mass is 16.2. The summed E-state index contributed by atoms with van der Waals surface area (Å²) in [6.45, 7) is 5.20. The maximum atomic E-state index is 12.7. The smallest absolute Gasteiger partial charge is 0.225 e. The maximum absolute atomic E-state index is 12.7. The number of ketones is 1. The minimum absolute atomic E-state index is 0.0417. The number of carbonyl (C=O) groups is 2. The Kier molecular flexibility index (Phi) is 5.04. The molecule has 0 N–H and O–H groups in total. The van der Waals surface area contributed by atoms with E-state index in [0.29, 0.717) is 18.6 Å². The summed E-state index contributed by atoms with van der Waals surface area (Å²) < 4.78 is 0. The van der Waals surface area contributed by atoms with Gasteiger partial charge in [0.15, 0.2) is 0 Å². The highest BCUT2D eigenvalue weighted by Gasteiger charge is 2.30. The number of Topliss-reactive ketones (excluding diaryl/α,β-unsaturated/α-hetero) is 1. The second-order valence-electron chi connectivity index (χ2n) is 7.55. The molecule has 2 saturated heterocycles. The van der Waals surface area contributed by atoms with Crippen LogP contribution in [0.5, 0.6) is 0 Å². The fraction of sp³-hybridized carbons (Fsp3) is 0.684. The van der Waals surface area contributed by atoms with Gasteiger partial charge in [0.25, 0.3) is 0 Å². The summed E-state index contributed by atoms with van der Waals surface area (Å²) in [4.78, 5) is 39.5. The van der Waals surface area contributed by atoms with Gasteiger partial charge < -0.3 is 14.7 Å². The van der Waals surface area contributed by atoms with E-state index in [9.17, 15) is 9.59 Å². The van der Waals surface area contributed by atoms with Crippen molar-refractivity contribution in [2.45, 2.75) is 38.5 Å². The van der Waals surface area contributed by atoms with Crippen LogP contribution in [0.25, 0.3) is 0 Å². The van der Waals surface area contributed by atoms with Gasteiger partial charge >= 0.3 is 0 Å². The number of aromatic nitrogens is 2. The summed E-state index contributed by atoms with van der Waals surface area (Å²) in [6.07, 6.45) is 6.69. The van der Waals surface area contributed by atoms with Crippen molar-refractivity contribution in [3.8, 4) is 0 Å². The van der Waals surface area contributed by atoms with E-state index in [4.69, 9.17) is 0 Å². The van der Waals surface area contributed by atoms with Crippen LogP contribution in [0.1, 0.15) is 38.5 Å². The second-order valence-corrected chi connectivity index (χ2v) is 7.55. The van der Waals surface area contributed by atoms with Gasteiger partial charge in [-0.25, -0.2) is 9.97 Å². The molecule has 0 atom stereocenters. The number of carbonyl (C=O) groups excluding carboxylic acids is 2. The Labute approximate surface area is 154 Å². The van der Waals surface area contributed by atoms with Crippen LogP contribution < -0.4 is 9.80 Å². The number of amides is 1. The van der Waals surface area contributed by atoms with Gasteiger partial charge in [0.05, 0.1) is 0 Å². The number of piperazine rings is 1. The van der Waals surface area contributed by atoms with Crippen LogP contribution in [-0.4, -0.2) is 65.8 Å². The van der Waals surface area contributed by atoms with E-state index in [0.717, 1.165) is 63.7 Å². The average Bonchev–Trinajstić information content (AvgIpc) is 3.23. The number of hydrogen-bond acceptors (Lipinski definition) is 6. The summed E-state index contributed by atoms with van der Waals surface area (Å²) >= 11 is 0. The summed E-state index contributed by atoms with van der Waals surface area (Å²) in [5, 5.41) is 0. The fourth-order valence-corrected chi connectivity index (χ4v) is 4.23. The molecule has 7 heteroatoms. The first-order valence-electron chi connectivity index (χ1n) is 9.83. The van der Waals surface area contributed by atoms with Crippen LogP contribution in [-0.2, 0) is 9.59 Å². The normalized spacial score (nSPS) is 22.2. The molecule has 1 saturated carbocycles. The summed E-state index contributed by atoms with van der Waals surface area (Å²) in [7, 11) is 0. The van der Waals surface area contributed by atoms with Crippen molar-refractivity contribution < 1.29 is 9.59 Å². The lowest BCUT2D eigenvalue weighted by molar-refractivity contribution is -0.137. The molecule has 7 nitrogen and oxygen atoms in total. The van der Waals surface area contributed by atoms with Crippen molar-refractivity contribution in [1.29, 1.82) is 0 Å². The molecule has 0 bridgehead atoms. The monoisotopic (exact) mass is 357 g/mol. The molecular weight excluding hydrogens is 330 g/mol. The molecule has 4 rings (SSSR count). The molecule has 1 aromatic heterocycles. The van der Waals surface area contributed by atoms with Gasteiger partial charge in [0, 0.05) is 64.1 Å². The molecule has 0 spiro atoms. The summed E-state index contributed by atoms with van der Waals surface area (Å²) in [5.74, 6) is 2.55. The molecule has 3 fully saturated rings. The van der Waals surface area contributed by atoms with E-state index in [1.54, 1.807) is 6.33 Å². The quantitative estimate of drug-likeness (QED) is 0.816. The molecule has 26 heavy (non-hydrogen) atoms. The SMILES string of the molecule is O=C1CCC(C(=O)N2CCN(c3cc(N4CCCC4)ncn3)CC2)CC1. The lowest BCUT2D eigenvalue weighted by Crippen LogP contribution is -2.51. The van der Waals surface area contributed by atoms with E-state index in [-0.39, 0.29) is 11.8 Å². The molecule has 3 heterocycles. The third-order valence-electron chi connectivity index (χ3n) is 5.88. The van der Waals surface area contributed by atoms with Crippen LogP contribution in [0.4, 0.5) is 11.6 Å². The number of hydrogen-bond donors (Lipinski definition) is 0. The van der Waals surface area contributed by atoms with E-state index < -0.39 is 0 Å². The Balaban J connectivity index is 1.34. The Morgan fingerprint density at radius 3 is 2.08 bits per heavy atom. The van der Waals surface area contributed by atoms with E-state index in [2.05, 4.69) is 25.8 Å². The number of rotatable bonds is 3. The zero-order chi connectivity index (χ0) is 17.9. The van der Waals surface area contributed by atoms with Gasteiger partial charge in [-0.05, 0) is 25.7 Å². The first kappa shape index (κ1) is 17.2. The van der Waals surface area contributed by atoms with Crippen molar-refractivity contribution in [2.24, 2.45) is 5.92 Å². The van der Waals surface area contributed by atoms with Gasteiger partial charge in [-0.15, -0.1) is 0 Å². The van der Waals surface area contributed by atoms with Crippen LogP contribution >= 0.6 is 0 Å². The standard InChI is InChI=1S/C19H27N5O2/c25-16-5-3-15(4-6-16)19(26)24-11-9-23(10-12-24)18-13-17(20-14-21-18)22-7-1-2-8-22/h13-15H,1-12H2. The minimum atomic E-state index is 0.0417. The van der Waals surface area contributed by atoms with E-state index >= 15 is 0 Å². The average molecular weight is 357 g/mol. The lowest BCUT2D eigenvalue weighted by atomic mass is 9.87. The zero-order valence-electron chi connectivity index (χ0n) is 15.3. The third-order valence-corrected chi connectivity index (χ3v) is 5.88. The van der Waals surface area contributed by atoms with Crippen molar-refractivity contribution >= 4 is 23.3 Å². The Morgan fingerprint density at radius 1 is 0.885 bits per heavy atom. The number of nitrogens with zero attached hydrogens (tertiary/aromatic N) is 5. The summed E-state index contributed by atoms with van der Waals surface area (Å²) in [6, 6.07) is 2.08. The largest absolute Gasteiger partial charge is 0.356 e. The Morgan fingerprint density at radius 2 is 1.46 bits per heavy atom. The molecule has 1 aromatic rings. The lowest BCUT2D eigenvalue weighted by Gasteiger charge is -2.37. The van der Waals surface area contributed by atoms with Crippen molar-refractivity contribution in [3.63, 3.8) is 0 Å². The first-order chi connectivity index (χ1) is 12.7. The van der Waals surface area contributed by atoms with Crippen molar-refractivity contribution in [1.82, 2.24) is 14.9 Å². The van der Waals surface area contributed by atoms with Crippen molar-refractivity contribution in [3.05, 3.63) is 12.4 Å². The molecule has 140 valence electrons. The molecule has 0 aromatic carbocycles.